The number of aryl methyl sites for hydroxylation is 2. The van der Waals surface area contributed by atoms with Crippen LogP contribution in [0.3, 0.4) is 0 Å². The highest BCUT2D eigenvalue weighted by Gasteiger charge is 2.37. The summed E-state index contributed by atoms with van der Waals surface area (Å²) in [5.74, 6) is 1.73. The van der Waals surface area contributed by atoms with Crippen molar-refractivity contribution >= 4 is 12.2 Å². The number of rotatable bonds is 5. The van der Waals surface area contributed by atoms with Crippen LogP contribution >= 0.6 is 0 Å². The Morgan fingerprint density at radius 3 is 2.70 bits per heavy atom. The Bertz CT molecular complexity index is 1320. The fourth-order valence-electron chi connectivity index (χ4n) is 4.29. The van der Waals surface area contributed by atoms with Crippen molar-refractivity contribution < 1.29 is 9.13 Å². The molecule has 0 saturated heterocycles. The largest absolute Gasteiger partial charge is 0.495 e. The van der Waals surface area contributed by atoms with E-state index in [9.17, 15) is 4.39 Å². The molecule has 1 aliphatic rings. The molecule has 1 atom stereocenters. The average molecular weight is 445 g/mol. The summed E-state index contributed by atoms with van der Waals surface area (Å²) in [5.41, 5.74) is 9.63. The lowest BCUT2D eigenvalue weighted by molar-refractivity contribution is 0.342. The minimum Gasteiger partial charge on any atom is -0.495 e. The molecule has 5 rings (SSSR count). The average Bonchev–Trinajstić information content (AvgIpc) is 3.45. The van der Waals surface area contributed by atoms with E-state index in [-0.39, 0.29) is 5.82 Å². The van der Waals surface area contributed by atoms with Crippen molar-refractivity contribution in [2.24, 2.45) is 5.73 Å². The molecule has 4 aromatic rings. The van der Waals surface area contributed by atoms with Crippen molar-refractivity contribution in [2.45, 2.75) is 31.8 Å². The molecule has 0 bridgehead atoms. The molecule has 0 fully saturated rings. The third-order valence-corrected chi connectivity index (χ3v) is 6.01. The van der Waals surface area contributed by atoms with Crippen LogP contribution in [0.4, 0.5) is 4.39 Å². The van der Waals surface area contributed by atoms with Crippen molar-refractivity contribution in [3.05, 3.63) is 89.3 Å². The molecule has 0 aliphatic carbocycles. The highest BCUT2D eigenvalue weighted by molar-refractivity contribution is 5.69. The highest BCUT2D eigenvalue weighted by Crippen LogP contribution is 2.34. The molecule has 0 unspecified atom stereocenters. The van der Waals surface area contributed by atoms with E-state index in [1.165, 1.54) is 12.1 Å². The normalized spacial score (nSPS) is 17.9. The molecular formula is C25H25FN6O. The number of fused-ring (bicyclic) bond motifs is 1. The Balaban J connectivity index is 1.43. The summed E-state index contributed by atoms with van der Waals surface area (Å²) in [7, 11) is 1.65. The Kier molecular flexibility index (Phi) is 5.30. The second kappa shape index (κ2) is 8.29. The Hall–Kier alpha value is -3.78. The fourth-order valence-corrected chi connectivity index (χ4v) is 4.29. The van der Waals surface area contributed by atoms with Gasteiger partial charge in [-0.05, 0) is 61.2 Å². The van der Waals surface area contributed by atoms with Gasteiger partial charge in [-0.2, -0.15) is 5.10 Å². The zero-order valence-electron chi connectivity index (χ0n) is 18.6. The lowest BCUT2D eigenvalue weighted by atomic mass is 9.83. The fraction of sp³-hybridized carbons (Fsp3) is 0.240. The monoisotopic (exact) mass is 444 g/mol. The summed E-state index contributed by atoms with van der Waals surface area (Å²) >= 11 is 0. The Morgan fingerprint density at radius 1 is 1.15 bits per heavy atom. The van der Waals surface area contributed by atoms with Gasteiger partial charge in [-0.3, -0.25) is 0 Å². The summed E-state index contributed by atoms with van der Waals surface area (Å²) in [6.45, 7) is 2.70. The van der Waals surface area contributed by atoms with Crippen LogP contribution in [-0.2, 0) is 12.1 Å². The minimum absolute atomic E-state index is 0.284. The maximum absolute atomic E-state index is 13.4. The van der Waals surface area contributed by atoms with E-state index < -0.39 is 5.54 Å². The van der Waals surface area contributed by atoms with Gasteiger partial charge in [0, 0.05) is 12.7 Å². The molecule has 1 aliphatic heterocycles. The molecule has 0 spiro atoms. The molecule has 0 amide bonds. The second-order valence-corrected chi connectivity index (χ2v) is 8.29. The summed E-state index contributed by atoms with van der Waals surface area (Å²) in [5, 5.41) is 4.64. The van der Waals surface area contributed by atoms with Gasteiger partial charge in [0.15, 0.2) is 11.6 Å². The van der Waals surface area contributed by atoms with E-state index in [1.54, 1.807) is 25.6 Å². The SMILES string of the molecule is COc1cc(C=Cc2nc3n(n2)CCC[C@]3(N)c2ccc(F)cc2)ccc1-n1cnc(C)c1. The van der Waals surface area contributed by atoms with Crippen LogP contribution in [0.2, 0.25) is 0 Å². The maximum Gasteiger partial charge on any atom is 0.174 e. The number of methoxy groups -OCH3 is 1. The third-order valence-electron chi connectivity index (χ3n) is 6.01. The van der Waals surface area contributed by atoms with Crippen molar-refractivity contribution in [2.75, 3.05) is 7.11 Å². The van der Waals surface area contributed by atoms with Crippen LogP contribution in [-0.4, -0.2) is 31.4 Å². The van der Waals surface area contributed by atoms with Crippen molar-refractivity contribution in [1.82, 2.24) is 24.3 Å². The van der Waals surface area contributed by atoms with Crippen LogP contribution in [0.15, 0.2) is 55.0 Å². The first-order valence-electron chi connectivity index (χ1n) is 10.8. The van der Waals surface area contributed by atoms with E-state index in [1.807, 2.05) is 52.7 Å². The van der Waals surface area contributed by atoms with Crippen LogP contribution in [0.25, 0.3) is 17.8 Å². The molecule has 3 heterocycles. The summed E-state index contributed by atoms with van der Waals surface area (Å²) in [6.07, 6.45) is 9.14. The maximum atomic E-state index is 13.4. The van der Waals surface area contributed by atoms with Crippen molar-refractivity contribution in [3.8, 4) is 11.4 Å². The van der Waals surface area contributed by atoms with E-state index in [4.69, 9.17) is 15.5 Å². The third kappa shape index (κ3) is 3.93. The van der Waals surface area contributed by atoms with Gasteiger partial charge in [-0.1, -0.05) is 24.3 Å². The smallest absolute Gasteiger partial charge is 0.174 e. The molecule has 33 heavy (non-hydrogen) atoms. The van der Waals surface area contributed by atoms with Gasteiger partial charge in [0.25, 0.3) is 0 Å². The molecule has 168 valence electrons. The van der Waals surface area contributed by atoms with Gasteiger partial charge in [0.2, 0.25) is 0 Å². The Morgan fingerprint density at radius 2 is 1.97 bits per heavy atom. The molecule has 7 nitrogen and oxygen atoms in total. The lowest BCUT2D eigenvalue weighted by Gasteiger charge is -2.33. The van der Waals surface area contributed by atoms with Gasteiger partial charge >= 0.3 is 0 Å². The standard InChI is InChI=1S/C25H25FN6O/c1-17-15-31(16-28-17)21-10-4-18(14-22(21)33-2)5-11-23-29-24-25(27,12-3-13-32(24)30-23)19-6-8-20(26)9-7-19/h4-11,14-16H,3,12-13,27H2,1-2H3/t25-/m0/s1. The molecule has 8 heteroatoms. The van der Waals surface area contributed by atoms with Gasteiger partial charge in [-0.15, -0.1) is 0 Å². The zero-order valence-corrected chi connectivity index (χ0v) is 18.6. The van der Waals surface area contributed by atoms with E-state index >= 15 is 0 Å². The molecule has 2 N–H and O–H groups in total. The van der Waals surface area contributed by atoms with E-state index in [0.29, 0.717) is 11.6 Å². The van der Waals surface area contributed by atoms with Crippen LogP contribution in [0.5, 0.6) is 5.75 Å². The number of hydrogen-bond acceptors (Lipinski definition) is 5. The molecule has 0 radical (unpaired) electrons. The van der Waals surface area contributed by atoms with Gasteiger partial charge in [0.1, 0.15) is 17.1 Å². The molecular weight excluding hydrogens is 419 g/mol. The number of halogens is 1. The lowest BCUT2D eigenvalue weighted by Crippen LogP contribution is -2.43. The van der Waals surface area contributed by atoms with Crippen LogP contribution < -0.4 is 10.5 Å². The quantitative estimate of drug-likeness (QED) is 0.501. The van der Waals surface area contributed by atoms with Gasteiger partial charge < -0.3 is 15.0 Å². The molecule has 2 aromatic carbocycles. The molecule has 2 aromatic heterocycles. The van der Waals surface area contributed by atoms with Crippen LogP contribution in [0.1, 0.15) is 41.3 Å². The number of nitrogens with zero attached hydrogens (tertiary/aromatic N) is 5. The predicted molar refractivity (Wildman–Crippen MR) is 124 cm³/mol. The first kappa shape index (κ1) is 21.1. The zero-order chi connectivity index (χ0) is 23.0. The van der Waals surface area contributed by atoms with Crippen molar-refractivity contribution in [1.29, 1.82) is 0 Å². The van der Waals surface area contributed by atoms with Gasteiger partial charge in [0.05, 0.1) is 24.8 Å². The number of ether oxygens (including phenoxy) is 1. The number of imidazole rings is 1. The van der Waals surface area contributed by atoms with Crippen molar-refractivity contribution in [3.63, 3.8) is 0 Å². The molecule has 0 saturated carbocycles. The first-order valence-corrected chi connectivity index (χ1v) is 10.8. The van der Waals surface area contributed by atoms with Crippen LogP contribution in [0, 0.1) is 12.7 Å². The highest BCUT2D eigenvalue weighted by atomic mass is 19.1. The topological polar surface area (TPSA) is 83.8 Å². The second-order valence-electron chi connectivity index (χ2n) is 8.29. The summed E-state index contributed by atoms with van der Waals surface area (Å²) in [4.78, 5) is 9.01. The van der Waals surface area contributed by atoms with E-state index in [2.05, 4.69) is 10.1 Å². The summed E-state index contributed by atoms with van der Waals surface area (Å²) < 4.78 is 22.8. The first-order chi connectivity index (χ1) is 16.0. The van der Waals surface area contributed by atoms with E-state index in [0.717, 1.165) is 47.6 Å². The Labute approximate surface area is 191 Å². The minimum atomic E-state index is -0.793. The number of nitrogens with two attached hydrogens (primary N) is 1. The number of aromatic nitrogens is 5. The summed E-state index contributed by atoms with van der Waals surface area (Å²) in [6, 6.07) is 12.3. The number of benzene rings is 2. The number of hydrogen-bond donors (Lipinski definition) is 1. The predicted octanol–water partition coefficient (Wildman–Crippen LogP) is 4.09. The van der Waals surface area contributed by atoms with Gasteiger partial charge in [-0.25, -0.2) is 19.0 Å².